The highest BCUT2D eigenvalue weighted by atomic mass is 19.4. The first-order valence-electron chi connectivity index (χ1n) is 10.1. The van der Waals surface area contributed by atoms with E-state index < -0.39 is 17.6 Å². The van der Waals surface area contributed by atoms with Gasteiger partial charge in [-0.3, -0.25) is 0 Å². The van der Waals surface area contributed by atoms with E-state index in [0.29, 0.717) is 29.3 Å². The zero-order valence-corrected chi connectivity index (χ0v) is 17.4. The molecule has 2 N–H and O–H groups in total. The molecule has 0 radical (unpaired) electrons. The second-order valence-electron chi connectivity index (χ2n) is 6.97. The second-order valence-corrected chi connectivity index (χ2v) is 6.97. The van der Waals surface area contributed by atoms with Crippen molar-refractivity contribution in [2.45, 2.75) is 32.4 Å². The van der Waals surface area contributed by atoms with E-state index in [9.17, 15) is 13.2 Å². The number of nitrogens with one attached hydrogen (secondary N) is 2. The fraction of sp³-hybridized carbons (Fsp3) is 0.261. The summed E-state index contributed by atoms with van der Waals surface area (Å²) in [5.74, 6) is 0.324. The molecular formula is C23H22F3N5O. The molecule has 0 fully saturated rings. The van der Waals surface area contributed by atoms with Gasteiger partial charge in [-0.15, -0.1) is 0 Å². The molecule has 0 amide bonds. The van der Waals surface area contributed by atoms with E-state index in [4.69, 9.17) is 10.00 Å². The Bertz CT molecular complexity index is 1060. The van der Waals surface area contributed by atoms with Crippen LogP contribution >= 0.6 is 0 Å². The maximum atomic E-state index is 13.4. The molecule has 0 aliphatic carbocycles. The SMILES string of the molecule is CCCCCOc1ccc(Nc2ncc(C(F)(F)F)c(Nc3ccc(C#N)cc3)n2)cc1. The lowest BCUT2D eigenvalue weighted by Crippen LogP contribution is -2.12. The number of hydrogen-bond donors (Lipinski definition) is 2. The number of aromatic nitrogens is 2. The summed E-state index contributed by atoms with van der Waals surface area (Å²) < 4.78 is 45.9. The van der Waals surface area contributed by atoms with Crippen LogP contribution in [0.25, 0.3) is 0 Å². The van der Waals surface area contributed by atoms with E-state index in [1.54, 1.807) is 24.3 Å². The molecule has 1 heterocycles. The number of ether oxygens (including phenoxy) is 1. The Morgan fingerprint density at radius 1 is 0.969 bits per heavy atom. The minimum atomic E-state index is -4.63. The molecule has 3 aromatic rings. The predicted octanol–water partition coefficient (Wildman–Crippen LogP) is 6.42. The fourth-order valence-electron chi connectivity index (χ4n) is 2.82. The van der Waals surface area contributed by atoms with Crippen molar-refractivity contribution in [2.24, 2.45) is 0 Å². The summed E-state index contributed by atoms with van der Waals surface area (Å²) in [7, 11) is 0. The van der Waals surface area contributed by atoms with Crippen molar-refractivity contribution in [2.75, 3.05) is 17.2 Å². The van der Waals surface area contributed by atoms with Crippen molar-refractivity contribution in [3.8, 4) is 11.8 Å². The Morgan fingerprint density at radius 2 is 1.62 bits per heavy atom. The molecule has 0 unspecified atom stereocenters. The van der Waals surface area contributed by atoms with Gasteiger partial charge in [0.2, 0.25) is 5.95 Å². The van der Waals surface area contributed by atoms with Crippen LogP contribution in [0.2, 0.25) is 0 Å². The van der Waals surface area contributed by atoms with Crippen molar-refractivity contribution in [3.63, 3.8) is 0 Å². The highest BCUT2D eigenvalue weighted by Gasteiger charge is 2.35. The maximum Gasteiger partial charge on any atom is 0.421 e. The average molecular weight is 441 g/mol. The monoisotopic (exact) mass is 441 g/mol. The number of alkyl halides is 3. The molecule has 6 nitrogen and oxygen atoms in total. The second kappa shape index (κ2) is 10.5. The van der Waals surface area contributed by atoms with Crippen molar-refractivity contribution in [3.05, 3.63) is 65.9 Å². The summed E-state index contributed by atoms with van der Waals surface area (Å²) in [4.78, 5) is 7.82. The zero-order chi connectivity index (χ0) is 23.0. The van der Waals surface area contributed by atoms with Crippen molar-refractivity contribution in [1.82, 2.24) is 9.97 Å². The van der Waals surface area contributed by atoms with E-state index in [-0.39, 0.29) is 5.95 Å². The highest BCUT2D eigenvalue weighted by molar-refractivity contribution is 5.63. The van der Waals surface area contributed by atoms with E-state index in [1.165, 1.54) is 24.3 Å². The molecule has 0 aliphatic heterocycles. The molecule has 1 aromatic heterocycles. The number of unbranched alkanes of at least 4 members (excludes halogenated alkanes) is 2. The third-order valence-corrected chi connectivity index (χ3v) is 4.50. The number of nitrogens with zero attached hydrogens (tertiary/aromatic N) is 3. The lowest BCUT2D eigenvalue weighted by Gasteiger charge is -2.15. The number of rotatable bonds is 9. The zero-order valence-electron chi connectivity index (χ0n) is 17.4. The fourth-order valence-corrected chi connectivity index (χ4v) is 2.82. The number of hydrogen-bond acceptors (Lipinski definition) is 6. The van der Waals surface area contributed by atoms with Crippen LogP contribution in [-0.4, -0.2) is 16.6 Å². The molecule has 0 spiro atoms. The molecule has 0 atom stereocenters. The Hall–Kier alpha value is -3.80. The van der Waals surface area contributed by atoms with Gasteiger partial charge in [0.25, 0.3) is 0 Å². The van der Waals surface area contributed by atoms with Gasteiger partial charge in [0.05, 0.1) is 18.2 Å². The first kappa shape index (κ1) is 22.9. The number of halogens is 3. The number of anilines is 4. The van der Waals surface area contributed by atoms with Gasteiger partial charge in [0, 0.05) is 17.6 Å². The lowest BCUT2D eigenvalue weighted by atomic mass is 10.2. The van der Waals surface area contributed by atoms with Crippen LogP contribution in [0.5, 0.6) is 5.75 Å². The van der Waals surface area contributed by atoms with Gasteiger partial charge in [0.15, 0.2) is 0 Å². The van der Waals surface area contributed by atoms with Crippen LogP contribution in [-0.2, 0) is 6.18 Å². The maximum absolute atomic E-state index is 13.4. The quantitative estimate of drug-likeness (QED) is 0.373. The summed E-state index contributed by atoms with van der Waals surface area (Å²) in [5, 5.41) is 14.4. The van der Waals surface area contributed by atoms with E-state index in [2.05, 4.69) is 27.5 Å². The normalized spacial score (nSPS) is 11.0. The first-order chi connectivity index (χ1) is 15.4. The van der Waals surface area contributed by atoms with Crippen LogP contribution in [0.1, 0.15) is 37.3 Å². The van der Waals surface area contributed by atoms with E-state index in [1.807, 2.05) is 6.07 Å². The molecule has 0 saturated heterocycles. The Kier molecular flexibility index (Phi) is 7.49. The van der Waals surface area contributed by atoms with Gasteiger partial charge >= 0.3 is 6.18 Å². The molecule has 0 saturated carbocycles. The van der Waals surface area contributed by atoms with Gasteiger partial charge in [-0.1, -0.05) is 19.8 Å². The third kappa shape index (κ3) is 6.35. The number of nitriles is 1. The Labute approximate surface area is 184 Å². The van der Waals surface area contributed by atoms with Crippen LogP contribution in [0.15, 0.2) is 54.7 Å². The van der Waals surface area contributed by atoms with Gasteiger partial charge in [-0.05, 0) is 55.0 Å². The standard InChI is InChI=1S/C23H22F3N5O/c1-2-3-4-13-32-19-11-9-18(10-12-19)30-22-28-15-20(23(24,25)26)21(31-22)29-17-7-5-16(14-27)6-8-17/h5-12,15H,2-4,13H2,1H3,(H2,28,29,30,31). The predicted molar refractivity (Wildman–Crippen MR) is 116 cm³/mol. The minimum absolute atomic E-state index is 0.00533. The topological polar surface area (TPSA) is 82.9 Å². The molecular weight excluding hydrogens is 419 g/mol. The summed E-state index contributed by atoms with van der Waals surface area (Å²) in [6.07, 6.45) is -0.716. The van der Waals surface area contributed by atoms with Crippen LogP contribution in [0.3, 0.4) is 0 Å². The van der Waals surface area contributed by atoms with Crippen molar-refractivity contribution < 1.29 is 17.9 Å². The summed E-state index contributed by atoms with van der Waals surface area (Å²) in [6.45, 7) is 2.75. The molecule has 2 aromatic carbocycles. The van der Waals surface area contributed by atoms with Crippen molar-refractivity contribution in [1.29, 1.82) is 5.26 Å². The lowest BCUT2D eigenvalue weighted by molar-refractivity contribution is -0.137. The smallest absolute Gasteiger partial charge is 0.421 e. The molecule has 32 heavy (non-hydrogen) atoms. The molecule has 9 heteroatoms. The van der Waals surface area contributed by atoms with E-state index in [0.717, 1.165) is 25.5 Å². The molecule has 166 valence electrons. The van der Waals surface area contributed by atoms with Crippen LogP contribution in [0, 0.1) is 11.3 Å². The summed E-state index contributed by atoms with van der Waals surface area (Å²) in [5.41, 5.74) is 0.372. The largest absolute Gasteiger partial charge is 0.494 e. The molecule has 3 rings (SSSR count). The van der Waals surface area contributed by atoms with Gasteiger partial charge in [-0.25, -0.2) is 4.98 Å². The summed E-state index contributed by atoms with van der Waals surface area (Å²) >= 11 is 0. The van der Waals surface area contributed by atoms with Crippen LogP contribution in [0.4, 0.5) is 36.3 Å². The highest BCUT2D eigenvalue weighted by Crippen LogP contribution is 2.35. The summed E-state index contributed by atoms with van der Waals surface area (Å²) in [6, 6.07) is 15.0. The van der Waals surface area contributed by atoms with Gasteiger partial charge in [0.1, 0.15) is 17.1 Å². The van der Waals surface area contributed by atoms with Gasteiger partial charge in [-0.2, -0.15) is 23.4 Å². The first-order valence-corrected chi connectivity index (χ1v) is 10.1. The van der Waals surface area contributed by atoms with E-state index >= 15 is 0 Å². The molecule has 0 bridgehead atoms. The Balaban J connectivity index is 1.75. The van der Waals surface area contributed by atoms with Gasteiger partial charge < -0.3 is 15.4 Å². The van der Waals surface area contributed by atoms with Crippen LogP contribution < -0.4 is 15.4 Å². The average Bonchev–Trinajstić information content (AvgIpc) is 2.78. The van der Waals surface area contributed by atoms with Crippen molar-refractivity contribution >= 4 is 23.1 Å². The third-order valence-electron chi connectivity index (χ3n) is 4.50. The minimum Gasteiger partial charge on any atom is -0.494 e. The Morgan fingerprint density at radius 3 is 2.25 bits per heavy atom. The number of benzene rings is 2. The molecule has 0 aliphatic rings.